The van der Waals surface area contributed by atoms with Gasteiger partial charge >= 0.3 is 0 Å². The highest BCUT2D eigenvalue weighted by atomic mass is 16.3. The van der Waals surface area contributed by atoms with Crippen molar-refractivity contribution in [2.75, 3.05) is 4.90 Å². The predicted molar refractivity (Wildman–Crippen MR) is 153 cm³/mol. The average Bonchev–Trinajstić information content (AvgIpc) is 3.51. The van der Waals surface area contributed by atoms with E-state index < -0.39 is 0 Å². The van der Waals surface area contributed by atoms with Crippen LogP contribution in [0.25, 0.3) is 54.6 Å². The van der Waals surface area contributed by atoms with Crippen LogP contribution in [0.3, 0.4) is 0 Å². The van der Waals surface area contributed by atoms with Gasteiger partial charge in [0, 0.05) is 50.4 Å². The molecular formula is C34H21NO2. The summed E-state index contributed by atoms with van der Waals surface area (Å²) in [7, 11) is 0. The summed E-state index contributed by atoms with van der Waals surface area (Å²) in [6, 6.07) is 44.3. The summed E-state index contributed by atoms with van der Waals surface area (Å²) in [6.07, 6.45) is 0. The molecule has 0 N–H and O–H groups in total. The second kappa shape index (κ2) is 7.74. The van der Waals surface area contributed by atoms with E-state index in [1.165, 1.54) is 10.8 Å². The molecule has 6 aromatic carbocycles. The molecule has 3 nitrogen and oxygen atoms in total. The molecule has 0 unspecified atom stereocenters. The lowest BCUT2D eigenvalue weighted by Gasteiger charge is -2.26. The molecule has 0 spiro atoms. The third-order valence-corrected chi connectivity index (χ3v) is 7.25. The Kier molecular flexibility index (Phi) is 4.23. The van der Waals surface area contributed by atoms with Crippen molar-refractivity contribution >= 4 is 71.7 Å². The minimum absolute atomic E-state index is 0.869. The first-order valence-electron chi connectivity index (χ1n) is 12.4. The number of anilines is 3. The predicted octanol–water partition coefficient (Wildman–Crippen LogP) is 10.1. The summed E-state index contributed by atoms with van der Waals surface area (Å²) in [4.78, 5) is 2.29. The van der Waals surface area contributed by atoms with Crippen molar-refractivity contribution in [2.45, 2.75) is 0 Å². The zero-order valence-electron chi connectivity index (χ0n) is 19.9. The lowest BCUT2D eigenvalue weighted by Crippen LogP contribution is -2.10. The maximum atomic E-state index is 6.27. The molecule has 0 aliphatic heterocycles. The molecule has 0 amide bonds. The van der Waals surface area contributed by atoms with Gasteiger partial charge in [-0.3, -0.25) is 0 Å². The highest BCUT2D eigenvalue weighted by Gasteiger charge is 2.19. The van der Waals surface area contributed by atoms with Crippen LogP contribution < -0.4 is 4.90 Å². The summed E-state index contributed by atoms with van der Waals surface area (Å²) < 4.78 is 12.5. The molecule has 0 fully saturated rings. The van der Waals surface area contributed by atoms with Gasteiger partial charge in [0.2, 0.25) is 0 Å². The van der Waals surface area contributed by atoms with E-state index in [9.17, 15) is 0 Å². The monoisotopic (exact) mass is 475 g/mol. The van der Waals surface area contributed by atoms with Crippen LogP contribution in [0.5, 0.6) is 0 Å². The van der Waals surface area contributed by atoms with Gasteiger partial charge in [-0.15, -0.1) is 0 Å². The normalized spacial score (nSPS) is 11.8. The van der Waals surface area contributed by atoms with Crippen LogP contribution in [0.4, 0.5) is 17.1 Å². The second-order valence-corrected chi connectivity index (χ2v) is 9.39. The maximum absolute atomic E-state index is 6.27. The Labute approximate surface area is 212 Å². The number of rotatable bonds is 3. The van der Waals surface area contributed by atoms with Crippen LogP contribution in [0.2, 0.25) is 0 Å². The van der Waals surface area contributed by atoms with Crippen molar-refractivity contribution in [1.29, 1.82) is 0 Å². The van der Waals surface area contributed by atoms with E-state index in [-0.39, 0.29) is 0 Å². The first-order chi connectivity index (χ1) is 18.3. The molecule has 0 saturated carbocycles. The van der Waals surface area contributed by atoms with Gasteiger partial charge in [-0.25, -0.2) is 0 Å². The van der Waals surface area contributed by atoms with E-state index in [1.807, 2.05) is 24.3 Å². The number of para-hydroxylation sites is 2. The van der Waals surface area contributed by atoms with Crippen LogP contribution in [-0.4, -0.2) is 0 Å². The van der Waals surface area contributed by atoms with Crippen LogP contribution in [0.15, 0.2) is 136 Å². The lowest BCUT2D eigenvalue weighted by molar-refractivity contribution is 0.669. The number of fused-ring (bicyclic) bond motifs is 7. The first-order valence-corrected chi connectivity index (χ1v) is 12.4. The SMILES string of the molecule is c1ccc2c(N(c3ccc4c(c3)oc3ccccc34)c3ccc4c(c3)oc3ccccc34)cccc2c1. The molecule has 37 heavy (non-hydrogen) atoms. The van der Waals surface area contributed by atoms with E-state index in [0.717, 1.165) is 60.9 Å². The van der Waals surface area contributed by atoms with Gasteiger partial charge in [0.25, 0.3) is 0 Å². The molecular weight excluding hydrogens is 454 g/mol. The minimum Gasteiger partial charge on any atom is -0.456 e. The molecule has 0 bridgehead atoms. The highest BCUT2D eigenvalue weighted by molar-refractivity contribution is 6.08. The Balaban J connectivity index is 1.40. The summed E-state index contributed by atoms with van der Waals surface area (Å²) in [6.45, 7) is 0. The number of furan rings is 2. The topological polar surface area (TPSA) is 29.5 Å². The van der Waals surface area contributed by atoms with E-state index >= 15 is 0 Å². The molecule has 2 heterocycles. The minimum atomic E-state index is 0.869. The Morgan fingerprint density at radius 2 is 0.865 bits per heavy atom. The number of hydrogen-bond acceptors (Lipinski definition) is 3. The summed E-state index contributed by atoms with van der Waals surface area (Å²) in [5, 5.41) is 6.86. The molecule has 3 heteroatoms. The Bertz CT molecular complexity index is 2000. The molecule has 8 rings (SSSR count). The number of benzene rings is 6. The lowest BCUT2D eigenvalue weighted by atomic mass is 10.1. The molecule has 0 radical (unpaired) electrons. The van der Waals surface area contributed by atoms with E-state index in [2.05, 4.69) is 108 Å². The number of nitrogens with zero attached hydrogens (tertiary/aromatic N) is 1. The van der Waals surface area contributed by atoms with Crippen molar-refractivity contribution in [3.05, 3.63) is 127 Å². The van der Waals surface area contributed by atoms with E-state index in [4.69, 9.17) is 8.83 Å². The molecule has 8 aromatic rings. The smallest absolute Gasteiger partial charge is 0.137 e. The molecule has 2 aromatic heterocycles. The van der Waals surface area contributed by atoms with Crippen molar-refractivity contribution in [3.63, 3.8) is 0 Å². The first kappa shape index (κ1) is 20.2. The Morgan fingerprint density at radius 3 is 1.49 bits per heavy atom. The fourth-order valence-electron chi connectivity index (χ4n) is 5.54. The van der Waals surface area contributed by atoms with E-state index in [0.29, 0.717) is 0 Å². The van der Waals surface area contributed by atoms with Gasteiger partial charge in [0.1, 0.15) is 22.3 Å². The van der Waals surface area contributed by atoms with Gasteiger partial charge in [0.05, 0.1) is 5.69 Å². The molecule has 174 valence electrons. The standard InChI is InChI=1S/C34H21NO2/c1-2-10-25-22(8-1)9-7-13-30(25)35(23-16-18-28-26-11-3-5-14-31(26)36-33(28)20-23)24-17-19-29-27-12-4-6-15-32(27)37-34(29)21-24/h1-21H. The van der Waals surface area contributed by atoms with E-state index in [1.54, 1.807) is 0 Å². The van der Waals surface area contributed by atoms with Crippen molar-refractivity contribution < 1.29 is 8.83 Å². The van der Waals surface area contributed by atoms with Crippen LogP contribution in [-0.2, 0) is 0 Å². The second-order valence-electron chi connectivity index (χ2n) is 9.39. The summed E-state index contributed by atoms with van der Waals surface area (Å²) >= 11 is 0. The molecule has 0 aliphatic rings. The van der Waals surface area contributed by atoms with Crippen molar-refractivity contribution in [2.24, 2.45) is 0 Å². The fourth-order valence-corrected chi connectivity index (χ4v) is 5.54. The van der Waals surface area contributed by atoms with Crippen LogP contribution in [0, 0.1) is 0 Å². The van der Waals surface area contributed by atoms with Gasteiger partial charge in [-0.2, -0.15) is 0 Å². The highest BCUT2D eigenvalue weighted by Crippen LogP contribution is 2.42. The van der Waals surface area contributed by atoms with Gasteiger partial charge in [0.15, 0.2) is 0 Å². The maximum Gasteiger partial charge on any atom is 0.137 e. The Morgan fingerprint density at radius 1 is 0.378 bits per heavy atom. The van der Waals surface area contributed by atoms with Gasteiger partial charge in [-0.05, 0) is 47.9 Å². The largest absolute Gasteiger partial charge is 0.456 e. The fraction of sp³-hybridized carbons (Fsp3) is 0. The molecule has 0 saturated heterocycles. The molecule has 0 aliphatic carbocycles. The summed E-state index contributed by atoms with van der Waals surface area (Å²) in [5.41, 5.74) is 6.69. The average molecular weight is 476 g/mol. The van der Waals surface area contributed by atoms with Gasteiger partial charge < -0.3 is 13.7 Å². The summed E-state index contributed by atoms with van der Waals surface area (Å²) in [5.74, 6) is 0. The van der Waals surface area contributed by atoms with Crippen LogP contribution in [0.1, 0.15) is 0 Å². The quantitative estimate of drug-likeness (QED) is 0.255. The van der Waals surface area contributed by atoms with Crippen LogP contribution >= 0.6 is 0 Å². The Hall–Kier alpha value is -5.02. The van der Waals surface area contributed by atoms with Crippen molar-refractivity contribution in [3.8, 4) is 0 Å². The zero-order valence-corrected chi connectivity index (χ0v) is 19.9. The van der Waals surface area contributed by atoms with Crippen molar-refractivity contribution in [1.82, 2.24) is 0 Å². The zero-order chi connectivity index (χ0) is 24.3. The molecule has 0 atom stereocenters. The van der Waals surface area contributed by atoms with Gasteiger partial charge in [-0.1, -0.05) is 72.8 Å². The third-order valence-electron chi connectivity index (χ3n) is 7.25. The third kappa shape index (κ3) is 3.08. The number of hydrogen-bond donors (Lipinski definition) is 0.